The first kappa shape index (κ1) is 17.4. The maximum atomic E-state index is 12.7. The van der Waals surface area contributed by atoms with Crippen molar-refractivity contribution in [2.45, 2.75) is 25.6 Å². The predicted octanol–water partition coefficient (Wildman–Crippen LogP) is 2.37. The van der Waals surface area contributed by atoms with Gasteiger partial charge in [-0.15, -0.1) is 0 Å². The molecule has 1 aromatic rings. The van der Waals surface area contributed by atoms with Gasteiger partial charge in [0.15, 0.2) is 0 Å². The fourth-order valence-corrected chi connectivity index (χ4v) is 1.69. The van der Waals surface area contributed by atoms with Crippen molar-refractivity contribution < 1.29 is 22.4 Å². The average Bonchev–Trinajstić information content (AvgIpc) is 2.42. The molecule has 1 amide bonds. The zero-order valence-electron chi connectivity index (χ0n) is 11.9. The van der Waals surface area contributed by atoms with Crippen LogP contribution in [0.3, 0.4) is 0 Å². The van der Waals surface area contributed by atoms with E-state index in [0.29, 0.717) is 13.0 Å². The molecule has 21 heavy (non-hydrogen) atoms. The van der Waals surface area contributed by atoms with E-state index in [9.17, 15) is 22.4 Å². The van der Waals surface area contributed by atoms with E-state index in [1.165, 1.54) is 19.1 Å². The summed E-state index contributed by atoms with van der Waals surface area (Å²) in [5.41, 5.74) is 0.895. The molecule has 0 heterocycles. The van der Waals surface area contributed by atoms with E-state index in [-0.39, 0.29) is 5.82 Å². The maximum Gasteiger partial charge on any atom is 0.405 e. The molecule has 1 unspecified atom stereocenters. The number of hydrogen-bond donors (Lipinski definition) is 1. The first-order valence-corrected chi connectivity index (χ1v) is 6.48. The van der Waals surface area contributed by atoms with E-state index in [1.807, 2.05) is 5.32 Å². The first-order valence-electron chi connectivity index (χ1n) is 6.48. The molecule has 0 aromatic heterocycles. The lowest BCUT2D eigenvalue weighted by molar-refractivity contribution is -0.141. The summed E-state index contributed by atoms with van der Waals surface area (Å²) in [5, 5.41) is 1.85. The Labute approximate surface area is 120 Å². The predicted molar refractivity (Wildman–Crippen MR) is 71.3 cm³/mol. The quantitative estimate of drug-likeness (QED) is 0.818. The van der Waals surface area contributed by atoms with Crippen LogP contribution in [0.2, 0.25) is 0 Å². The van der Waals surface area contributed by atoms with Crippen molar-refractivity contribution in [3.05, 3.63) is 35.6 Å². The number of amides is 1. The highest BCUT2D eigenvalue weighted by molar-refractivity contribution is 5.81. The van der Waals surface area contributed by atoms with Crippen LogP contribution in [0.5, 0.6) is 0 Å². The summed E-state index contributed by atoms with van der Waals surface area (Å²) in [4.78, 5) is 13.2. The smallest absolute Gasteiger partial charge is 0.346 e. The Morgan fingerprint density at radius 3 is 2.38 bits per heavy atom. The molecule has 0 saturated carbocycles. The Morgan fingerprint density at radius 2 is 1.86 bits per heavy atom. The molecule has 0 saturated heterocycles. The van der Waals surface area contributed by atoms with Gasteiger partial charge in [-0.1, -0.05) is 12.1 Å². The van der Waals surface area contributed by atoms with Crippen molar-refractivity contribution in [2.24, 2.45) is 0 Å². The third-order valence-corrected chi connectivity index (χ3v) is 3.17. The van der Waals surface area contributed by atoms with E-state index in [1.54, 1.807) is 24.1 Å². The van der Waals surface area contributed by atoms with Crippen LogP contribution < -0.4 is 5.32 Å². The van der Waals surface area contributed by atoms with Gasteiger partial charge in [0.25, 0.3) is 0 Å². The van der Waals surface area contributed by atoms with E-state index in [0.717, 1.165) is 5.56 Å². The SMILES string of the molecule is CC(C(=O)NCC(F)(F)F)N(C)CCc1ccc(F)cc1. The van der Waals surface area contributed by atoms with E-state index >= 15 is 0 Å². The van der Waals surface area contributed by atoms with Crippen LogP contribution in [0.25, 0.3) is 0 Å². The van der Waals surface area contributed by atoms with Gasteiger partial charge in [-0.25, -0.2) is 4.39 Å². The summed E-state index contributed by atoms with van der Waals surface area (Å²) in [6.07, 6.45) is -3.84. The number of nitrogens with one attached hydrogen (secondary N) is 1. The second-order valence-electron chi connectivity index (χ2n) is 4.87. The maximum absolute atomic E-state index is 12.7. The lowest BCUT2D eigenvalue weighted by Crippen LogP contribution is -2.46. The highest BCUT2D eigenvalue weighted by atomic mass is 19.4. The number of nitrogens with zero attached hydrogens (tertiary/aromatic N) is 1. The highest BCUT2D eigenvalue weighted by Gasteiger charge is 2.29. The van der Waals surface area contributed by atoms with E-state index in [2.05, 4.69) is 0 Å². The Balaban J connectivity index is 2.41. The second kappa shape index (κ2) is 7.40. The number of carbonyl (C=O) groups excluding carboxylic acids is 1. The van der Waals surface area contributed by atoms with E-state index < -0.39 is 24.7 Å². The van der Waals surface area contributed by atoms with Crippen LogP contribution in [0.4, 0.5) is 17.6 Å². The van der Waals surface area contributed by atoms with Gasteiger partial charge in [0.2, 0.25) is 5.91 Å². The summed E-state index contributed by atoms with van der Waals surface area (Å²) in [6, 6.07) is 5.28. The van der Waals surface area contributed by atoms with Gasteiger partial charge in [0.05, 0.1) is 6.04 Å². The fourth-order valence-electron chi connectivity index (χ4n) is 1.69. The molecule has 0 aliphatic heterocycles. The standard InChI is InChI=1S/C14H18F4N2O/c1-10(13(21)19-9-14(16,17)18)20(2)8-7-11-3-5-12(15)6-4-11/h3-6,10H,7-9H2,1-2H3,(H,19,21). The molecule has 1 atom stereocenters. The molecule has 0 aliphatic carbocycles. The van der Waals surface area contributed by atoms with Crippen LogP contribution in [-0.2, 0) is 11.2 Å². The molecule has 118 valence electrons. The number of benzene rings is 1. The van der Waals surface area contributed by atoms with Crippen molar-refractivity contribution in [1.82, 2.24) is 10.2 Å². The van der Waals surface area contributed by atoms with Crippen LogP contribution in [0.15, 0.2) is 24.3 Å². The normalized spacial score (nSPS) is 13.3. The molecule has 1 rings (SSSR count). The minimum Gasteiger partial charge on any atom is -0.346 e. The fraction of sp³-hybridized carbons (Fsp3) is 0.500. The largest absolute Gasteiger partial charge is 0.405 e. The van der Waals surface area contributed by atoms with Crippen molar-refractivity contribution >= 4 is 5.91 Å². The molecule has 7 heteroatoms. The van der Waals surface area contributed by atoms with Gasteiger partial charge in [0.1, 0.15) is 12.4 Å². The molecule has 1 aromatic carbocycles. The number of carbonyl (C=O) groups is 1. The van der Waals surface area contributed by atoms with Gasteiger partial charge < -0.3 is 5.32 Å². The second-order valence-corrected chi connectivity index (χ2v) is 4.87. The number of rotatable bonds is 6. The van der Waals surface area contributed by atoms with Gasteiger partial charge in [-0.05, 0) is 38.1 Å². The molecule has 0 spiro atoms. The minimum atomic E-state index is -4.41. The molecule has 0 bridgehead atoms. The third-order valence-electron chi connectivity index (χ3n) is 3.17. The Morgan fingerprint density at radius 1 is 1.29 bits per heavy atom. The number of halogens is 4. The lowest BCUT2D eigenvalue weighted by atomic mass is 10.1. The Kier molecular flexibility index (Phi) is 6.14. The van der Waals surface area contributed by atoms with Crippen LogP contribution in [-0.4, -0.2) is 43.2 Å². The molecule has 0 aliphatic rings. The van der Waals surface area contributed by atoms with Gasteiger partial charge >= 0.3 is 6.18 Å². The Bertz CT molecular complexity index is 459. The molecular formula is C14H18F4N2O. The van der Waals surface area contributed by atoms with Crippen molar-refractivity contribution in [2.75, 3.05) is 20.1 Å². The third kappa shape index (κ3) is 6.57. The zero-order valence-corrected chi connectivity index (χ0v) is 11.9. The summed E-state index contributed by atoms with van der Waals surface area (Å²) >= 11 is 0. The minimum absolute atomic E-state index is 0.327. The van der Waals surface area contributed by atoms with Crippen LogP contribution in [0, 0.1) is 5.82 Å². The van der Waals surface area contributed by atoms with Gasteiger partial charge in [0, 0.05) is 6.54 Å². The summed E-state index contributed by atoms with van der Waals surface area (Å²) in [5.74, 6) is -0.999. The van der Waals surface area contributed by atoms with Gasteiger partial charge in [-0.2, -0.15) is 13.2 Å². The van der Waals surface area contributed by atoms with Crippen molar-refractivity contribution in [3.8, 4) is 0 Å². The number of hydrogen-bond acceptors (Lipinski definition) is 2. The van der Waals surface area contributed by atoms with Crippen LogP contribution >= 0.6 is 0 Å². The van der Waals surface area contributed by atoms with Gasteiger partial charge in [-0.3, -0.25) is 9.69 Å². The average molecular weight is 306 g/mol. The van der Waals surface area contributed by atoms with Crippen LogP contribution in [0.1, 0.15) is 12.5 Å². The highest BCUT2D eigenvalue weighted by Crippen LogP contribution is 2.12. The summed E-state index contributed by atoms with van der Waals surface area (Å²) < 4.78 is 48.8. The molecule has 0 radical (unpaired) electrons. The van der Waals surface area contributed by atoms with Crippen molar-refractivity contribution in [3.63, 3.8) is 0 Å². The first-order chi connectivity index (χ1) is 9.69. The number of likely N-dealkylation sites (N-methyl/N-ethyl adjacent to an activating group) is 1. The lowest BCUT2D eigenvalue weighted by Gasteiger charge is -2.24. The monoisotopic (exact) mass is 306 g/mol. The molecular weight excluding hydrogens is 288 g/mol. The van der Waals surface area contributed by atoms with E-state index in [4.69, 9.17) is 0 Å². The Hall–Kier alpha value is -1.63. The topological polar surface area (TPSA) is 32.3 Å². The number of alkyl halides is 3. The zero-order chi connectivity index (χ0) is 16.0. The molecule has 3 nitrogen and oxygen atoms in total. The van der Waals surface area contributed by atoms with Crippen molar-refractivity contribution in [1.29, 1.82) is 0 Å². The summed E-state index contributed by atoms with van der Waals surface area (Å²) in [7, 11) is 1.65. The molecule has 0 fully saturated rings. The molecule has 1 N–H and O–H groups in total. The summed E-state index contributed by atoms with van der Waals surface area (Å²) in [6.45, 7) is 0.685.